The Hall–Kier alpha value is -2.21. The Bertz CT molecular complexity index is 657. The molecule has 1 aliphatic heterocycles. The number of benzene rings is 1. The van der Waals surface area contributed by atoms with E-state index in [0.717, 1.165) is 29.5 Å². The molecule has 1 aromatic carbocycles. The van der Waals surface area contributed by atoms with Crippen LogP contribution in [0, 0.1) is 0 Å². The van der Waals surface area contributed by atoms with Gasteiger partial charge in [-0.3, -0.25) is 0 Å². The van der Waals surface area contributed by atoms with Gasteiger partial charge in [-0.15, -0.1) is 11.8 Å². The van der Waals surface area contributed by atoms with Gasteiger partial charge in [0.2, 0.25) is 0 Å². The van der Waals surface area contributed by atoms with E-state index in [1.165, 1.54) is 0 Å². The van der Waals surface area contributed by atoms with E-state index in [4.69, 9.17) is 0 Å². The number of hydrogen-bond acceptors (Lipinski definition) is 4. The Morgan fingerprint density at radius 3 is 2.65 bits per heavy atom. The van der Waals surface area contributed by atoms with Crippen LogP contribution in [-0.2, 0) is 0 Å². The second-order valence-electron chi connectivity index (χ2n) is 5.32. The van der Waals surface area contributed by atoms with Crippen LogP contribution in [0.2, 0.25) is 0 Å². The van der Waals surface area contributed by atoms with Crippen molar-refractivity contribution >= 4 is 29.3 Å². The Balaban J connectivity index is 1.56. The summed E-state index contributed by atoms with van der Waals surface area (Å²) in [6, 6.07) is 13.8. The molecule has 2 heterocycles. The second-order valence-corrected chi connectivity index (χ2v) is 6.20. The molecule has 0 aliphatic carbocycles. The summed E-state index contributed by atoms with van der Waals surface area (Å²) in [5, 5.41) is 2.98. The Morgan fingerprint density at radius 1 is 1.13 bits per heavy atom. The molecule has 120 valence electrons. The number of urea groups is 1. The fourth-order valence-electron chi connectivity index (χ4n) is 2.58. The summed E-state index contributed by atoms with van der Waals surface area (Å²) in [6.45, 7) is 3.00. The monoisotopic (exact) mass is 328 g/mol. The number of carbonyl (C=O) groups is 1. The Kier molecular flexibility index (Phi) is 5.02. The van der Waals surface area contributed by atoms with Gasteiger partial charge in [-0.05, 0) is 36.6 Å². The number of aromatic nitrogens is 1. The Labute approximate surface area is 140 Å². The summed E-state index contributed by atoms with van der Waals surface area (Å²) in [6.07, 6.45) is 3.82. The van der Waals surface area contributed by atoms with Gasteiger partial charge in [-0.1, -0.05) is 12.1 Å². The van der Waals surface area contributed by atoms with Crippen molar-refractivity contribution < 1.29 is 4.79 Å². The normalized spacial score (nSPS) is 14.7. The molecule has 1 aromatic heterocycles. The number of nitrogens with one attached hydrogen (secondary N) is 1. The predicted molar refractivity (Wildman–Crippen MR) is 95.3 cm³/mol. The summed E-state index contributed by atoms with van der Waals surface area (Å²) >= 11 is 1.67. The first-order valence-electron chi connectivity index (χ1n) is 7.62. The summed E-state index contributed by atoms with van der Waals surface area (Å²) in [5.41, 5.74) is 0.842. The van der Waals surface area contributed by atoms with Crippen molar-refractivity contribution in [2.24, 2.45) is 0 Å². The van der Waals surface area contributed by atoms with Crippen LogP contribution in [0.5, 0.6) is 0 Å². The third-order valence-electron chi connectivity index (χ3n) is 3.86. The fourth-order valence-corrected chi connectivity index (χ4v) is 3.04. The molecule has 6 heteroatoms. The maximum atomic E-state index is 12.4. The van der Waals surface area contributed by atoms with E-state index < -0.39 is 0 Å². The van der Waals surface area contributed by atoms with Gasteiger partial charge in [-0.25, -0.2) is 9.78 Å². The fraction of sp³-hybridized carbons (Fsp3) is 0.294. The van der Waals surface area contributed by atoms with Crippen LogP contribution >= 0.6 is 11.8 Å². The number of amides is 2. The van der Waals surface area contributed by atoms with Crippen LogP contribution in [0.25, 0.3) is 0 Å². The summed E-state index contributed by atoms with van der Waals surface area (Å²) in [5.74, 6) is 0.972. The lowest BCUT2D eigenvalue weighted by Gasteiger charge is -2.35. The van der Waals surface area contributed by atoms with Crippen molar-refractivity contribution in [3.05, 3.63) is 48.7 Å². The minimum atomic E-state index is -0.0380. The van der Waals surface area contributed by atoms with E-state index in [1.54, 1.807) is 18.0 Å². The minimum Gasteiger partial charge on any atom is -0.353 e. The van der Waals surface area contributed by atoms with E-state index in [9.17, 15) is 4.79 Å². The molecular formula is C17H20N4OS. The van der Waals surface area contributed by atoms with Crippen molar-refractivity contribution in [3.63, 3.8) is 0 Å². The molecule has 23 heavy (non-hydrogen) atoms. The second kappa shape index (κ2) is 7.37. The van der Waals surface area contributed by atoms with Crippen LogP contribution in [0.3, 0.4) is 0 Å². The number of thioether (sulfide) groups is 1. The van der Waals surface area contributed by atoms with Gasteiger partial charge in [0.1, 0.15) is 5.82 Å². The van der Waals surface area contributed by atoms with E-state index >= 15 is 0 Å². The molecule has 0 radical (unpaired) electrons. The van der Waals surface area contributed by atoms with Crippen LogP contribution in [-0.4, -0.2) is 48.3 Å². The van der Waals surface area contributed by atoms with Crippen LogP contribution in [0.1, 0.15) is 0 Å². The van der Waals surface area contributed by atoms with Crippen LogP contribution in [0.4, 0.5) is 16.3 Å². The average Bonchev–Trinajstić information content (AvgIpc) is 2.63. The maximum Gasteiger partial charge on any atom is 0.321 e. The molecule has 1 saturated heterocycles. The smallest absolute Gasteiger partial charge is 0.321 e. The molecule has 1 N–H and O–H groups in total. The third kappa shape index (κ3) is 3.96. The SMILES string of the molecule is CSc1cccc(NC(=O)N2CCN(c3ccccn3)CC2)c1. The third-order valence-corrected chi connectivity index (χ3v) is 4.59. The number of pyridine rings is 1. The molecule has 0 unspecified atom stereocenters. The predicted octanol–water partition coefficient (Wildman–Crippen LogP) is 3.16. The van der Waals surface area contributed by atoms with Crippen molar-refractivity contribution in [2.45, 2.75) is 4.90 Å². The highest BCUT2D eigenvalue weighted by molar-refractivity contribution is 7.98. The quantitative estimate of drug-likeness (QED) is 0.879. The first-order valence-corrected chi connectivity index (χ1v) is 8.85. The largest absolute Gasteiger partial charge is 0.353 e. The van der Waals surface area contributed by atoms with Gasteiger partial charge in [0, 0.05) is 43.0 Å². The summed E-state index contributed by atoms with van der Waals surface area (Å²) < 4.78 is 0. The molecule has 0 bridgehead atoms. The standard InChI is InChI=1S/C17H20N4OS/c1-23-15-6-4-5-14(13-15)19-17(22)21-11-9-20(10-12-21)16-7-2-3-8-18-16/h2-8,13H,9-12H2,1H3,(H,19,22). The van der Waals surface area contributed by atoms with Gasteiger partial charge < -0.3 is 15.1 Å². The van der Waals surface area contributed by atoms with Crippen LogP contribution < -0.4 is 10.2 Å². The molecule has 0 atom stereocenters. The maximum absolute atomic E-state index is 12.4. The van der Waals surface area contributed by atoms with Gasteiger partial charge in [0.05, 0.1) is 0 Å². The first kappa shape index (κ1) is 15.7. The van der Waals surface area contributed by atoms with E-state index in [0.29, 0.717) is 13.1 Å². The number of carbonyl (C=O) groups excluding carboxylic acids is 1. The average molecular weight is 328 g/mol. The highest BCUT2D eigenvalue weighted by Gasteiger charge is 2.21. The lowest BCUT2D eigenvalue weighted by Crippen LogP contribution is -2.50. The van der Waals surface area contributed by atoms with E-state index in [1.807, 2.05) is 53.6 Å². The lowest BCUT2D eigenvalue weighted by molar-refractivity contribution is 0.208. The molecule has 2 aromatic rings. The van der Waals surface area contributed by atoms with Crippen molar-refractivity contribution in [1.82, 2.24) is 9.88 Å². The topological polar surface area (TPSA) is 48.5 Å². The number of rotatable bonds is 3. The van der Waals surface area contributed by atoms with Gasteiger partial charge in [-0.2, -0.15) is 0 Å². The zero-order valence-electron chi connectivity index (χ0n) is 13.1. The summed E-state index contributed by atoms with van der Waals surface area (Å²) in [7, 11) is 0. The molecule has 0 saturated carbocycles. The number of piperazine rings is 1. The summed E-state index contributed by atoms with van der Waals surface area (Å²) in [4.78, 5) is 21.9. The molecular weight excluding hydrogens is 308 g/mol. The van der Waals surface area contributed by atoms with Gasteiger partial charge in [0.15, 0.2) is 0 Å². The minimum absolute atomic E-state index is 0.0380. The molecule has 5 nitrogen and oxygen atoms in total. The van der Waals surface area contributed by atoms with Crippen molar-refractivity contribution in [2.75, 3.05) is 42.7 Å². The molecule has 2 amide bonds. The van der Waals surface area contributed by atoms with E-state index in [2.05, 4.69) is 15.2 Å². The zero-order valence-corrected chi connectivity index (χ0v) is 13.9. The number of anilines is 2. The van der Waals surface area contributed by atoms with E-state index in [-0.39, 0.29) is 6.03 Å². The lowest BCUT2D eigenvalue weighted by atomic mass is 10.3. The first-order chi connectivity index (χ1) is 11.3. The molecule has 0 spiro atoms. The number of nitrogens with zero attached hydrogens (tertiary/aromatic N) is 3. The zero-order chi connectivity index (χ0) is 16.1. The highest BCUT2D eigenvalue weighted by Crippen LogP contribution is 2.19. The molecule has 1 aliphatic rings. The molecule has 1 fully saturated rings. The van der Waals surface area contributed by atoms with Crippen molar-refractivity contribution in [3.8, 4) is 0 Å². The van der Waals surface area contributed by atoms with Crippen molar-refractivity contribution in [1.29, 1.82) is 0 Å². The van der Waals surface area contributed by atoms with Gasteiger partial charge in [0.25, 0.3) is 0 Å². The Morgan fingerprint density at radius 2 is 1.96 bits per heavy atom. The molecule has 3 rings (SSSR count). The number of hydrogen-bond donors (Lipinski definition) is 1. The highest BCUT2D eigenvalue weighted by atomic mass is 32.2. The van der Waals surface area contributed by atoms with Gasteiger partial charge >= 0.3 is 6.03 Å². The van der Waals surface area contributed by atoms with Crippen LogP contribution in [0.15, 0.2) is 53.6 Å².